The van der Waals surface area contributed by atoms with E-state index in [0.717, 1.165) is 11.3 Å². The maximum Gasteiger partial charge on any atom is 0.230 e. The van der Waals surface area contributed by atoms with Gasteiger partial charge in [0.1, 0.15) is 0 Å². The first-order valence-electron chi connectivity index (χ1n) is 5.92. The zero-order valence-electron chi connectivity index (χ0n) is 10.8. The number of carbonyl (C=O) groups is 1. The second kappa shape index (κ2) is 6.60. The fourth-order valence-electron chi connectivity index (χ4n) is 1.98. The van der Waals surface area contributed by atoms with Gasteiger partial charge in [-0.25, -0.2) is 0 Å². The van der Waals surface area contributed by atoms with Crippen LogP contribution in [-0.2, 0) is 4.79 Å². The molecule has 1 amide bonds. The molecule has 1 rings (SSSR count). The molecule has 2 nitrogen and oxygen atoms in total. The maximum atomic E-state index is 11.8. The highest BCUT2D eigenvalue weighted by atomic mass is 16.2. The van der Waals surface area contributed by atoms with Crippen LogP contribution in [0.3, 0.4) is 0 Å². The van der Waals surface area contributed by atoms with Crippen molar-refractivity contribution in [1.82, 2.24) is 4.90 Å². The predicted molar refractivity (Wildman–Crippen MR) is 76.8 cm³/mol. The summed E-state index contributed by atoms with van der Waals surface area (Å²) in [6.45, 7) is 13.0. The van der Waals surface area contributed by atoms with Crippen LogP contribution in [0.1, 0.15) is 13.3 Å². The van der Waals surface area contributed by atoms with E-state index in [0.29, 0.717) is 6.42 Å². The lowest BCUT2D eigenvalue weighted by Gasteiger charge is -2.41. The molecule has 18 heavy (non-hydrogen) atoms. The molecule has 2 heteroatoms. The summed E-state index contributed by atoms with van der Waals surface area (Å²) in [5.74, 6) is 0.104. The quantitative estimate of drug-likeness (QED) is 0.514. The molecule has 0 aromatic rings. The summed E-state index contributed by atoms with van der Waals surface area (Å²) >= 11 is 0. The summed E-state index contributed by atoms with van der Waals surface area (Å²) in [7, 11) is 0. The van der Waals surface area contributed by atoms with E-state index in [9.17, 15) is 4.79 Å². The summed E-state index contributed by atoms with van der Waals surface area (Å²) in [6.07, 6.45) is 13.3. The zero-order valence-corrected chi connectivity index (χ0v) is 10.8. The van der Waals surface area contributed by atoms with E-state index in [1.807, 2.05) is 25.2 Å². The van der Waals surface area contributed by atoms with Crippen molar-refractivity contribution in [3.63, 3.8) is 0 Å². The molecule has 0 aliphatic carbocycles. The number of likely N-dealkylation sites (tertiary alicyclic amines) is 1. The number of nitrogens with zero attached hydrogens (tertiary/aromatic N) is 1. The first-order chi connectivity index (χ1) is 8.69. The number of β-lactam (4-membered cyclic amide) rings is 1. The number of allylic oxidation sites excluding steroid dienone is 6. The average Bonchev–Trinajstić information content (AvgIpc) is 2.35. The van der Waals surface area contributed by atoms with Gasteiger partial charge in [0, 0.05) is 5.70 Å². The molecule has 0 aromatic carbocycles. The number of amides is 1. The molecule has 0 spiro atoms. The molecule has 1 aliphatic heterocycles. The molecule has 1 heterocycles. The van der Waals surface area contributed by atoms with Crippen LogP contribution >= 0.6 is 0 Å². The van der Waals surface area contributed by atoms with Crippen LogP contribution < -0.4 is 0 Å². The van der Waals surface area contributed by atoms with E-state index in [-0.39, 0.29) is 11.9 Å². The van der Waals surface area contributed by atoms with Crippen LogP contribution in [0.2, 0.25) is 0 Å². The Morgan fingerprint density at radius 1 is 1.28 bits per heavy atom. The Morgan fingerprint density at radius 2 is 1.94 bits per heavy atom. The standard InChI is InChI=1S/C16H19NO/c1-5-9-13(10-6-2)15-12-16(18)17(15)14(8-4)11-7-3/h5-11,15H,1,3-4,12H2,2H3/b10-6-,13-9+,14-11+/t15-/m0/s1. The second-order valence-corrected chi connectivity index (χ2v) is 3.92. The third-order valence-electron chi connectivity index (χ3n) is 2.78. The van der Waals surface area contributed by atoms with Crippen LogP contribution in [0, 0.1) is 0 Å². The molecule has 0 bridgehead atoms. The molecule has 0 unspecified atom stereocenters. The molecule has 0 radical (unpaired) electrons. The van der Waals surface area contributed by atoms with Gasteiger partial charge in [-0.3, -0.25) is 4.79 Å². The molecular weight excluding hydrogens is 222 g/mol. The Morgan fingerprint density at radius 3 is 2.39 bits per heavy atom. The first-order valence-corrected chi connectivity index (χ1v) is 5.92. The van der Waals surface area contributed by atoms with Crippen molar-refractivity contribution in [3.8, 4) is 0 Å². The largest absolute Gasteiger partial charge is 0.304 e. The second-order valence-electron chi connectivity index (χ2n) is 3.92. The third kappa shape index (κ3) is 2.77. The van der Waals surface area contributed by atoms with Gasteiger partial charge < -0.3 is 4.90 Å². The van der Waals surface area contributed by atoms with Gasteiger partial charge in [0.25, 0.3) is 0 Å². The smallest absolute Gasteiger partial charge is 0.230 e. The van der Waals surface area contributed by atoms with Crippen molar-refractivity contribution in [1.29, 1.82) is 0 Å². The average molecular weight is 241 g/mol. The van der Waals surface area contributed by atoms with Crippen LogP contribution in [0.4, 0.5) is 0 Å². The topological polar surface area (TPSA) is 20.3 Å². The highest BCUT2D eigenvalue weighted by Crippen LogP contribution is 2.31. The van der Waals surface area contributed by atoms with E-state index < -0.39 is 0 Å². The molecule has 0 N–H and O–H groups in total. The highest BCUT2D eigenvalue weighted by Gasteiger charge is 2.38. The Bertz CT molecular complexity index is 452. The highest BCUT2D eigenvalue weighted by molar-refractivity contribution is 5.87. The normalized spacial score (nSPS) is 20.8. The van der Waals surface area contributed by atoms with Gasteiger partial charge >= 0.3 is 0 Å². The van der Waals surface area contributed by atoms with E-state index in [1.54, 1.807) is 29.2 Å². The fourth-order valence-corrected chi connectivity index (χ4v) is 1.98. The Balaban J connectivity index is 3.04. The number of rotatable bonds is 6. The van der Waals surface area contributed by atoms with Gasteiger partial charge in [0.2, 0.25) is 5.91 Å². The van der Waals surface area contributed by atoms with Gasteiger partial charge in [0.15, 0.2) is 0 Å². The van der Waals surface area contributed by atoms with E-state index in [2.05, 4.69) is 19.7 Å². The van der Waals surface area contributed by atoms with E-state index >= 15 is 0 Å². The van der Waals surface area contributed by atoms with E-state index in [4.69, 9.17) is 0 Å². The van der Waals surface area contributed by atoms with Crippen molar-refractivity contribution in [2.24, 2.45) is 0 Å². The third-order valence-corrected chi connectivity index (χ3v) is 2.78. The molecule has 1 atom stereocenters. The van der Waals surface area contributed by atoms with Crippen LogP contribution in [-0.4, -0.2) is 16.8 Å². The Labute approximate surface area is 109 Å². The Hall–Kier alpha value is -2.09. The zero-order chi connectivity index (χ0) is 13.5. The van der Waals surface area contributed by atoms with Crippen molar-refractivity contribution in [2.45, 2.75) is 19.4 Å². The molecule has 0 aromatic heterocycles. The van der Waals surface area contributed by atoms with Crippen molar-refractivity contribution in [3.05, 3.63) is 73.5 Å². The summed E-state index contributed by atoms with van der Waals surface area (Å²) in [5.41, 5.74) is 1.86. The van der Waals surface area contributed by atoms with Gasteiger partial charge in [0.05, 0.1) is 12.5 Å². The minimum Gasteiger partial charge on any atom is -0.304 e. The number of hydrogen-bond acceptors (Lipinski definition) is 1. The minimum atomic E-state index is 0.0656. The maximum absolute atomic E-state index is 11.8. The van der Waals surface area contributed by atoms with Gasteiger partial charge in [-0.2, -0.15) is 0 Å². The summed E-state index contributed by atoms with van der Waals surface area (Å²) < 4.78 is 0. The molecule has 1 fully saturated rings. The fraction of sp³-hybridized carbons (Fsp3) is 0.188. The Kier molecular flexibility index (Phi) is 5.12. The van der Waals surface area contributed by atoms with Crippen molar-refractivity contribution >= 4 is 5.91 Å². The van der Waals surface area contributed by atoms with Gasteiger partial charge in [-0.15, -0.1) is 0 Å². The van der Waals surface area contributed by atoms with E-state index in [1.165, 1.54) is 0 Å². The molecule has 1 aliphatic rings. The van der Waals surface area contributed by atoms with Gasteiger partial charge in [-0.1, -0.05) is 50.1 Å². The number of carbonyl (C=O) groups excluding carboxylic acids is 1. The summed E-state index contributed by atoms with van der Waals surface area (Å²) in [5, 5.41) is 0. The lowest BCUT2D eigenvalue weighted by atomic mass is 9.92. The van der Waals surface area contributed by atoms with Crippen molar-refractivity contribution < 1.29 is 4.79 Å². The summed E-state index contributed by atoms with van der Waals surface area (Å²) in [6, 6.07) is 0.0656. The lowest BCUT2D eigenvalue weighted by Crippen LogP contribution is -2.52. The van der Waals surface area contributed by atoms with Crippen molar-refractivity contribution in [2.75, 3.05) is 0 Å². The van der Waals surface area contributed by atoms with Crippen LogP contribution in [0.15, 0.2) is 73.5 Å². The predicted octanol–water partition coefficient (Wildman–Crippen LogP) is 3.53. The number of hydrogen-bond donors (Lipinski definition) is 0. The first kappa shape index (κ1) is 14.0. The van der Waals surface area contributed by atoms with Crippen LogP contribution in [0.25, 0.3) is 0 Å². The lowest BCUT2D eigenvalue weighted by molar-refractivity contribution is -0.140. The SMILES string of the molecule is C=C/C=C(\C=C/C)[C@@H]1CC(=O)N1/C(C=C)=C/C=C. The summed E-state index contributed by atoms with van der Waals surface area (Å²) in [4.78, 5) is 13.5. The van der Waals surface area contributed by atoms with Crippen LogP contribution in [0.5, 0.6) is 0 Å². The van der Waals surface area contributed by atoms with Gasteiger partial charge in [-0.05, 0) is 24.6 Å². The molecule has 0 saturated carbocycles. The minimum absolute atomic E-state index is 0.0656. The molecule has 94 valence electrons. The molecule has 1 saturated heterocycles. The molecular formula is C16H19NO. The monoisotopic (exact) mass is 241 g/mol.